The molecule has 0 radical (unpaired) electrons. The molecule has 3 nitrogen and oxygen atoms in total. The highest BCUT2D eigenvalue weighted by atomic mass is 32.1. The van der Waals surface area contributed by atoms with Crippen LogP contribution in [0.4, 0.5) is 0 Å². The van der Waals surface area contributed by atoms with Crippen molar-refractivity contribution in [2.45, 2.75) is 39.9 Å². The third kappa shape index (κ3) is 3.41. The smallest absolute Gasteiger partial charge is 0.105 e. The number of aryl methyl sites for hydroxylation is 1. The molecule has 0 unspecified atom stereocenters. The number of imidazole rings is 1. The molecule has 0 bridgehead atoms. The maximum atomic E-state index is 4.23. The number of thiophene rings is 1. The Bertz CT molecular complexity index is 470. The van der Waals surface area contributed by atoms with Crippen molar-refractivity contribution in [1.29, 1.82) is 0 Å². The van der Waals surface area contributed by atoms with Gasteiger partial charge in [-0.2, -0.15) is 0 Å². The Morgan fingerprint density at radius 1 is 1.35 bits per heavy atom. The molecular weight excluding hydrogens is 230 g/mol. The van der Waals surface area contributed by atoms with Crippen molar-refractivity contribution >= 4 is 11.3 Å². The van der Waals surface area contributed by atoms with E-state index in [2.05, 4.69) is 40.8 Å². The second kappa shape index (κ2) is 5.47. The Labute approximate surface area is 107 Å². The molecule has 0 aliphatic heterocycles. The summed E-state index contributed by atoms with van der Waals surface area (Å²) < 4.78 is 2.17. The number of rotatable bonds is 5. The molecule has 4 heteroatoms. The molecule has 0 atom stereocenters. The van der Waals surface area contributed by atoms with Gasteiger partial charge in [0.25, 0.3) is 0 Å². The summed E-state index contributed by atoms with van der Waals surface area (Å²) in [6, 6.07) is 4.96. The van der Waals surface area contributed by atoms with Crippen LogP contribution in [-0.4, -0.2) is 15.6 Å². The molecule has 17 heavy (non-hydrogen) atoms. The molecule has 2 aromatic rings. The van der Waals surface area contributed by atoms with Gasteiger partial charge < -0.3 is 9.88 Å². The fourth-order valence-electron chi connectivity index (χ4n) is 1.65. The topological polar surface area (TPSA) is 29.9 Å². The van der Waals surface area contributed by atoms with E-state index in [4.69, 9.17) is 0 Å². The summed E-state index contributed by atoms with van der Waals surface area (Å²) in [5.41, 5.74) is 0. The molecule has 0 saturated heterocycles. The molecule has 92 valence electrons. The zero-order valence-electron chi connectivity index (χ0n) is 10.6. The first-order valence-corrected chi connectivity index (χ1v) is 6.75. The van der Waals surface area contributed by atoms with Gasteiger partial charge in [0.2, 0.25) is 0 Å². The quantitative estimate of drug-likeness (QED) is 0.883. The molecule has 0 spiro atoms. The van der Waals surface area contributed by atoms with Gasteiger partial charge in [-0.15, -0.1) is 11.3 Å². The second-order valence-electron chi connectivity index (χ2n) is 4.51. The lowest BCUT2D eigenvalue weighted by Crippen LogP contribution is -2.21. The minimum absolute atomic E-state index is 0.538. The summed E-state index contributed by atoms with van der Waals surface area (Å²) in [5.74, 6) is 1.07. The van der Waals surface area contributed by atoms with Crippen LogP contribution in [0.5, 0.6) is 0 Å². The summed E-state index contributed by atoms with van der Waals surface area (Å²) in [6.45, 7) is 8.27. The monoisotopic (exact) mass is 249 g/mol. The van der Waals surface area contributed by atoms with E-state index in [1.54, 1.807) is 0 Å². The van der Waals surface area contributed by atoms with Crippen molar-refractivity contribution in [2.24, 2.45) is 0 Å². The number of aromatic nitrogens is 2. The van der Waals surface area contributed by atoms with Gasteiger partial charge in [-0.3, -0.25) is 0 Å². The highest BCUT2D eigenvalue weighted by Crippen LogP contribution is 2.18. The summed E-state index contributed by atoms with van der Waals surface area (Å²) in [4.78, 5) is 7.01. The van der Waals surface area contributed by atoms with Crippen LogP contribution in [-0.2, 0) is 13.1 Å². The van der Waals surface area contributed by atoms with Crippen LogP contribution in [0.15, 0.2) is 24.5 Å². The minimum Gasteiger partial charge on any atom is -0.330 e. The van der Waals surface area contributed by atoms with Crippen molar-refractivity contribution in [2.75, 3.05) is 0 Å². The Kier molecular flexibility index (Phi) is 3.97. The van der Waals surface area contributed by atoms with E-state index in [1.165, 1.54) is 9.75 Å². The maximum Gasteiger partial charge on any atom is 0.105 e. The molecule has 2 aromatic heterocycles. The van der Waals surface area contributed by atoms with Crippen LogP contribution >= 0.6 is 11.3 Å². The third-order valence-electron chi connectivity index (χ3n) is 2.65. The lowest BCUT2D eigenvalue weighted by atomic mass is 10.3. The fraction of sp³-hybridized carbons (Fsp3) is 0.462. The van der Waals surface area contributed by atoms with Crippen molar-refractivity contribution in [3.8, 4) is 0 Å². The zero-order valence-corrected chi connectivity index (χ0v) is 11.4. The Morgan fingerprint density at radius 3 is 2.76 bits per heavy atom. The predicted octanol–water partition coefficient (Wildman–Crippen LogP) is 2.80. The first-order valence-electron chi connectivity index (χ1n) is 5.94. The Morgan fingerprint density at radius 2 is 2.12 bits per heavy atom. The lowest BCUT2D eigenvalue weighted by Gasteiger charge is -2.05. The van der Waals surface area contributed by atoms with Crippen molar-refractivity contribution < 1.29 is 0 Å². The van der Waals surface area contributed by atoms with Gasteiger partial charge in [0.15, 0.2) is 0 Å². The van der Waals surface area contributed by atoms with E-state index < -0.39 is 0 Å². The number of nitrogens with one attached hydrogen (secondary N) is 1. The molecule has 0 aliphatic rings. The summed E-state index contributed by atoms with van der Waals surface area (Å²) in [5, 5.41) is 3.44. The summed E-state index contributed by atoms with van der Waals surface area (Å²) in [7, 11) is 0. The van der Waals surface area contributed by atoms with Crippen LogP contribution < -0.4 is 5.32 Å². The minimum atomic E-state index is 0.538. The van der Waals surface area contributed by atoms with E-state index in [-0.39, 0.29) is 0 Å². The van der Waals surface area contributed by atoms with Crippen LogP contribution in [0.1, 0.15) is 29.4 Å². The normalized spacial score (nSPS) is 11.3. The molecule has 2 rings (SSSR count). The van der Waals surface area contributed by atoms with E-state index >= 15 is 0 Å². The number of nitrogens with zero attached hydrogens (tertiary/aromatic N) is 2. The van der Waals surface area contributed by atoms with E-state index in [0.717, 1.165) is 18.9 Å². The maximum absolute atomic E-state index is 4.23. The molecule has 2 heterocycles. The molecule has 1 N–H and O–H groups in total. The SMILES string of the molecule is Cc1nccn1Cc1ccc(CNC(C)C)s1. The van der Waals surface area contributed by atoms with E-state index in [9.17, 15) is 0 Å². The van der Waals surface area contributed by atoms with Gasteiger partial charge in [-0.25, -0.2) is 4.98 Å². The molecule has 0 saturated carbocycles. The highest BCUT2D eigenvalue weighted by molar-refractivity contribution is 7.11. The van der Waals surface area contributed by atoms with Crippen molar-refractivity contribution in [3.63, 3.8) is 0 Å². The van der Waals surface area contributed by atoms with Gasteiger partial charge in [0.05, 0.1) is 6.54 Å². The van der Waals surface area contributed by atoms with Crippen molar-refractivity contribution in [3.05, 3.63) is 40.1 Å². The van der Waals surface area contributed by atoms with Gasteiger partial charge in [-0.05, 0) is 19.1 Å². The van der Waals surface area contributed by atoms with E-state index in [0.29, 0.717) is 6.04 Å². The number of hydrogen-bond acceptors (Lipinski definition) is 3. The van der Waals surface area contributed by atoms with Gasteiger partial charge in [0.1, 0.15) is 5.82 Å². The van der Waals surface area contributed by atoms with Gasteiger partial charge in [0, 0.05) is 34.7 Å². The summed E-state index contributed by atoms with van der Waals surface area (Å²) in [6.07, 6.45) is 3.88. The largest absolute Gasteiger partial charge is 0.330 e. The number of hydrogen-bond donors (Lipinski definition) is 1. The standard InChI is InChI=1S/C13H19N3S/c1-10(2)15-8-12-4-5-13(17-12)9-16-7-6-14-11(16)3/h4-7,10,15H,8-9H2,1-3H3. The lowest BCUT2D eigenvalue weighted by molar-refractivity contribution is 0.593. The first kappa shape index (κ1) is 12.3. The second-order valence-corrected chi connectivity index (χ2v) is 5.76. The predicted molar refractivity (Wildman–Crippen MR) is 72.4 cm³/mol. The van der Waals surface area contributed by atoms with Gasteiger partial charge in [-0.1, -0.05) is 13.8 Å². The van der Waals surface area contributed by atoms with E-state index in [1.807, 2.05) is 30.7 Å². The third-order valence-corrected chi connectivity index (χ3v) is 3.72. The fourth-order valence-corrected chi connectivity index (χ4v) is 2.61. The van der Waals surface area contributed by atoms with Crippen LogP contribution in [0, 0.1) is 6.92 Å². The molecular formula is C13H19N3S. The Hall–Kier alpha value is -1.13. The first-order chi connectivity index (χ1) is 8.15. The molecule has 0 amide bonds. The highest BCUT2D eigenvalue weighted by Gasteiger charge is 2.03. The molecule has 0 aromatic carbocycles. The Balaban J connectivity index is 1.97. The average Bonchev–Trinajstić information content (AvgIpc) is 2.87. The zero-order chi connectivity index (χ0) is 12.3. The molecule has 0 aliphatic carbocycles. The van der Waals surface area contributed by atoms with Crippen LogP contribution in [0.2, 0.25) is 0 Å². The van der Waals surface area contributed by atoms with Gasteiger partial charge >= 0.3 is 0 Å². The average molecular weight is 249 g/mol. The van der Waals surface area contributed by atoms with Crippen LogP contribution in [0.3, 0.4) is 0 Å². The molecule has 0 fully saturated rings. The van der Waals surface area contributed by atoms with Crippen LogP contribution in [0.25, 0.3) is 0 Å². The van der Waals surface area contributed by atoms with Crippen molar-refractivity contribution in [1.82, 2.24) is 14.9 Å². The summed E-state index contributed by atoms with van der Waals surface area (Å²) >= 11 is 1.87.